The Kier molecular flexibility index (Phi) is 7.56. The molecule has 0 saturated heterocycles. The van der Waals surface area contributed by atoms with Crippen LogP contribution in [0.1, 0.15) is 43.6 Å². The average Bonchev–Trinajstić information content (AvgIpc) is 3.37. The number of aliphatic hydroxyl groups is 1. The lowest BCUT2D eigenvalue weighted by Gasteiger charge is -2.14. The van der Waals surface area contributed by atoms with E-state index in [4.69, 9.17) is 9.84 Å². The van der Waals surface area contributed by atoms with Crippen LogP contribution in [0.2, 0.25) is 0 Å². The highest BCUT2D eigenvalue weighted by atomic mass is 32.2. The summed E-state index contributed by atoms with van der Waals surface area (Å²) in [5, 5.41) is 19.5. The molecule has 4 rings (SSSR count). The molecular formula is C25H27N3O3S2. The van der Waals surface area contributed by atoms with Crippen molar-refractivity contribution in [3.05, 3.63) is 64.2 Å². The highest BCUT2D eigenvalue weighted by molar-refractivity contribution is 7.83. The molecule has 0 amide bonds. The number of aliphatic hydroxyl groups excluding tert-OH is 1. The van der Waals surface area contributed by atoms with Crippen LogP contribution in [0.5, 0.6) is 5.75 Å². The third-order valence-corrected chi connectivity index (χ3v) is 7.70. The number of hydrogen-bond acceptors (Lipinski definition) is 6. The van der Waals surface area contributed by atoms with E-state index in [9.17, 15) is 9.47 Å². The first-order chi connectivity index (χ1) is 16.0. The molecule has 0 aliphatic heterocycles. The quantitative estimate of drug-likeness (QED) is 0.578. The maximum Gasteiger partial charge on any atom is 0.137 e. The van der Waals surface area contributed by atoms with Crippen LogP contribution in [0.4, 0.5) is 0 Å². The topological polar surface area (TPSA) is 95.2 Å². The van der Waals surface area contributed by atoms with Crippen LogP contribution in [-0.2, 0) is 11.0 Å². The van der Waals surface area contributed by atoms with E-state index in [1.54, 1.807) is 11.3 Å². The monoisotopic (exact) mass is 481 g/mol. The molecule has 1 aromatic carbocycles. The summed E-state index contributed by atoms with van der Waals surface area (Å²) in [6.45, 7) is 3.78. The molecule has 0 spiro atoms. The lowest BCUT2D eigenvalue weighted by molar-refractivity contribution is 0.242. The second kappa shape index (κ2) is 10.6. The molecule has 2 atom stereocenters. The maximum absolute atomic E-state index is 12.1. The number of nitriles is 1. The second-order valence-electron chi connectivity index (χ2n) is 8.19. The first kappa shape index (κ1) is 23.6. The minimum absolute atomic E-state index is 0.00142. The zero-order valence-corrected chi connectivity index (χ0v) is 20.3. The Bertz CT molecular complexity index is 1190. The molecule has 2 unspecified atom stereocenters. The van der Waals surface area contributed by atoms with E-state index in [1.807, 2.05) is 38.2 Å². The molecule has 6 nitrogen and oxygen atoms in total. The van der Waals surface area contributed by atoms with E-state index in [-0.39, 0.29) is 24.5 Å². The number of rotatable bonds is 8. The van der Waals surface area contributed by atoms with Crippen LogP contribution < -0.4 is 9.46 Å². The predicted octanol–water partition coefficient (Wildman–Crippen LogP) is 4.52. The minimum atomic E-state index is -1.25. The second-order valence-corrected chi connectivity index (χ2v) is 10.6. The van der Waals surface area contributed by atoms with E-state index in [1.165, 1.54) is 16.7 Å². The van der Waals surface area contributed by atoms with E-state index in [2.05, 4.69) is 34.0 Å². The zero-order valence-electron chi connectivity index (χ0n) is 18.7. The molecule has 0 saturated carbocycles. The summed E-state index contributed by atoms with van der Waals surface area (Å²) in [5.74, 6) is 0.818. The molecule has 1 aromatic heterocycles. The lowest BCUT2D eigenvalue weighted by atomic mass is 10.0. The largest absolute Gasteiger partial charge is 0.490 e. The zero-order chi connectivity index (χ0) is 23.4. The first-order valence-electron chi connectivity index (χ1n) is 11.0. The van der Waals surface area contributed by atoms with Gasteiger partial charge in [-0.15, -0.1) is 11.3 Å². The average molecular weight is 482 g/mol. The molecule has 1 heterocycles. The Labute approximate surface area is 200 Å². The van der Waals surface area contributed by atoms with Gasteiger partial charge in [-0.05, 0) is 68.0 Å². The third kappa shape index (κ3) is 5.33. The fourth-order valence-corrected chi connectivity index (χ4v) is 5.95. The predicted molar refractivity (Wildman–Crippen MR) is 133 cm³/mol. The minimum Gasteiger partial charge on any atom is -0.490 e. The van der Waals surface area contributed by atoms with Gasteiger partial charge < -0.3 is 9.84 Å². The summed E-state index contributed by atoms with van der Waals surface area (Å²) in [6, 6.07) is 7.86. The number of benzene rings is 1. The van der Waals surface area contributed by atoms with Gasteiger partial charge in [0.15, 0.2) is 0 Å². The van der Waals surface area contributed by atoms with E-state index < -0.39 is 11.0 Å². The Hall–Kier alpha value is -2.57. The van der Waals surface area contributed by atoms with E-state index in [0.717, 1.165) is 34.7 Å². The van der Waals surface area contributed by atoms with Gasteiger partial charge in [0, 0.05) is 17.8 Å². The summed E-state index contributed by atoms with van der Waals surface area (Å²) in [7, 11) is -1.25. The Morgan fingerprint density at radius 1 is 1.42 bits per heavy atom. The van der Waals surface area contributed by atoms with Crippen molar-refractivity contribution >= 4 is 27.9 Å². The van der Waals surface area contributed by atoms with Crippen LogP contribution in [-0.4, -0.2) is 38.8 Å². The van der Waals surface area contributed by atoms with Gasteiger partial charge in [0.2, 0.25) is 0 Å². The van der Waals surface area contributed by atoms with Gasteiger partial charge >= 0.3 is 0 Å². The molecule has 0 fully saturated rings. The number of hydrogen-bond donors (Lipinski definition) is 2. The molecule has 2 aromatic rings. The van der Waals surface area contributed by atoms with Gasteiger partial charge in [0.25, 0.3) is 0 Å². The van der Waals surface area contributed by atoms with Crippen LogP contribution in [0.3, 0.4) is 0 Å². The Morgan fingerprint density at radius 3 is 3.03 bits per heavy atom. The number of thiazole rings is 1. The fraction of sp³-hybridized carbons (Fsp3) is 0.360. The molecular weight excluding hydrogens is 454 g/mol. The highest BCUT2D eigenvalue weighted by Gasteiger charge is 2.29. The number of nitrogens with one attached hydrogen (secondary N) is 1. The molecule has 8 heteroatoms. The fourth-order valence-electron chi connectivity index (χ4n) is 4.12. The molecule has 2 N–H and O–H groups in total. The SMILES string of the molecule is CC(C)Oc1ccc(-c2ncc(C3=CCC=CC4=C3CCC4NS(=O)CCO)s2)cc1C#N. The summed E-state index contributed by atoms with van der Waals surface area (Å²) >= 11 is 1.61. The maximum atomic E-state index is 12.1. The number of ether oxygens (including phenoxy) is 1. The molecule has 0 bridgehead atoms. The van der Waals surface area contributed by atoms with Gasteiger partial charge in [-0.1, -0.05) is 18.2 Å². The van der Waals surface area contributed by atoms with Crippen LogP contribution in [0.25, 0.3) is 16.1 Å². The van der Waals surface area contributed by atoms with Gasteiger partial charge in [-0.25, -0.2) is 13.9 Å². The van der Waals surface area contributed by atoms with Gasteiger partial charge in [-0.3, -0.25) is 0 Å². The van der Waals surface area contributed by atoms with Gasteiger partial charge in [0.1, 0.15) is 16.8 Å². The third-order valence-electron chi connectivity index (χ3n) is 5.52. The summed E-state index contributed by atoms with van der Waals surface area (Å²) < 4.78 is 21.0. The van der Waals surface area contributed by atoms with Crippen molar-refractivity contribution in [1.82, 2.24) is 9.71 Å². The Balaban J connectivity index is 1.61. The molecule has 2 aliphatic carbocycles. The first-order valence-corrected chi connectivity index (χ1v) is 13.2. The van der Waals surface area contributed by atoms with Crippen LogP contribution in [0.15, 0.2) is 53.8 Å². The van der Waals surface area contributed by atoms with Crippen molar-refractivity contribution in [3.8, 4) is 22.4 Å². The van der Waals surface area contributed by atoms with Crippen molar-refractivity contribution in [1.29, 1.82) is 5.26 Å². The van der Waals surface area contributed by atoms with Gasteiger partial charge in [0.05, 0.1) is 39.9 Å². The van der Waals surface area contributed by atoms with Crippen LogP contribution in [0, 0.1) is 11.3 Å². The van der Waals surface area contributed by atoms with E-state index in [0.29, 0.717) is 11.3 Å². The normalized spacial score (nSPS) is 18.6. The smallest absolute Gasteiger partial charge is 0.137 e. The summed E-state index contributed by atoms with van der Waals surface area (Å²) in [6.07, 6.45) is 11.0. The Morgan fingerprint density at radius 2 is 2.27 bits per heavy atom. The number of aromatic nitrogens is 1. The molecule has 33 heavy (non-hydrogen) atoms. The lowest BCUT2D eigenvalue weighted by Crippen LogP contribution is -2.32. The molecule has 2 aliphatic rings. The summed E-state index contributed by atoms with van der Waals surface area (Å²) in [5.41, 5.74) is 5.00. The number of nitrogens with zero attached hydrogens (tertiary/aromatic N) is 2. The van der Waals surface area contributed by atoms with E-state index >= 15 is 0 Å². The van der Waals surface area contributed by atoms with Crippen molar-refractivity contribution in [2.24, 2.45) is 0 Å². The van der Waals surface area contributed by atoms with Gasteiger partial charge in [-0.2, -0.15) is 5.26 Å². The standard InChI is InChI=1S/C25H27N3O3S2/c1-16(2)31-23-10-7-17(13-18(23)14-26)25-27-15-24(32-25)21-6-4-3-5-20-19(21)8-9-22(20)28-33(30)12-11-29/h3,5-7,10,13,15-16,22,28-29H,4,8-9,11-12H2,1-2H3. The molecule has 172 valence electrons. The highest BCUT2D eigenvalue weighted by Crippen LogP contribution is 2.42. The van der Waals surface area contributed by atoms with Crippen molar-refractivity contribution in [3.63, 3.8) is 0 Å². The number of allylic oxidation sites excluding steroid dienone is 4. The molecule has 0 radical (unpaired) electrons. The van der Waals surface area contributed by atoms with Crippen molar-refractivity contribution < 1.29 is 14.1 Å². The van der Waals surface area contributed by atoms with Crippen molar-refractivity contribution in [2.45, 2.75) is 45.3 Å². The van der Waals surface area contributed by atoms with Crippen LogP contribution >= 0.6 is 11.3 Å². The summed E-state index contributed by atoms with van der Waals surface area (Å²) in [4.78, 5) is 5.74. The van der Waals surface area contributed by atoms with Crippen molar-refractivity contribution in [2.75, 3.05) is 12.4 Å².